The first-order chi connectivity index (χ1) is 9.07. The lowest BCUT2D eigenvalue weighted by atomic mass is 9.96. The summed E-state index contributed by atoms with van der Waals surface area (Å²) in [6.07, 6.45) is 2.38. The largest absolute Gasteiger partial charge is 0.494 e. The minimum absolute atomic E-state index is 0.0309. The first-order valence-electron chi connectivity index (χ1n) is 6.71. The molecule has 1 aliphatic rings. The van der Waals surface area contributed by atoms with Crippen LogP contribution in [0.5, 0.6) is 5.75 Å². The van der Waals surface area contributed by atoms with E-state index in [2.05, 4.69) is 0 Å². The quantitative estimate of drug-likeness (QED) is 0.805. The molecule has 1 heterocycles. The number of hydrogen-bond acceptors (Lipinski definition) is 4. The van der Waals surface area contributed by atoms with Crippen LogP contribution in [-0.2, 0) is 9.84 Å². The number of benzene rings is 1. The van der Waals surface area contributed by atoms with Crippen molar-refractivity contribution in [3.8, 4) is 5.75 Å². The zero-order chi connectivity index (χ0) is 13.7. The fourth-order valence-electron chi connectivity index (χ4n) is 2.42. The second kappa shape index (κ2) is 6.39. The van der Waals surface area contributed by atoms with Gasteiger partial charge in [0, 0.05) is 6.04 Å². The van der Waals surface area contributed by atoms with Gasteiger partial charge in [0.25, 0.3) is 0 Å². The van der Waals surface area contributed by atoms with Gasteiger partial charge in [-0.1, -0.05) is 18.2 Å². The molecule has 19 heavy (non-hydrogen) atoms. The van der Waals surface area contributed by atoms with Crippen molar-refractivity contribution in [2.45, 2.75) is 25.3 Å². The number of hydrogen-bond donors (Lipinski definition) is 1. The minimum Gasteiger partial charge on any atom is -0.494 e. The molecule has 5 heteroatoms. The number of sulfone groups is 1. The fraction of sp³-hybridized carbons (Fsp3) is 0.571. The van der Waals surface area contributed by atoms with Gasteiger partial charge in [0.05, 0.1) is 18.1 Å². The molecule has 2 rings (SSSR count). The summed E-state index contributed by atoms with van der Waals surface area (Å²) >= 11 is 0. The van der Waals surface area contributed by atoms with Gasteiger partial charge in [0.15, 0.2) is 9.84 Å². The molecule has 1 saturated heterocycles. The molecule has 2 N–H and O–H groups in total. The van der Waals surface area contributed by atoms with Gasteiger partial charge in [-0.15, -0.1) is 0 Å². The Morgan fingerprint density at radius 3 is 2.68 bits per heavy atom. The summed E-state index contributed by atoms with van der Waals surface area (Å²) in [4.78, 5) is 0. The molecule has 1 aliphatic heterocycles. The molecule has 0 bridgehead atoms. The fourth-order valence-corrected chi connectivity index (χ4v) is 4.32. The van der Waals surface area contributed by atoms with Crippen LogP contribution in [0.15, 0.2) is 30.3 Å². The Labute approximate surface area is 114 Å². The average Bonchev–Trinajstić information content (AvgIpc) is 2.76. The van der Waals surface area contributed by atoms with Gasteiger partial charge in [-0.25, -0.2) is 8.42 Å². The summed E-state index contributed by atoms with van der Waals surface area (Å²) < 4.78 is 28.3. The number of ether oxygens (including phenoxy) is 1. The van der Waals surface area contributed by atoms with Crippen molar-refractivity contribution in [3.05, 3.63) is 30.3 Å². The molecule has 0 radical (unpaired) electrons. The van der Waals surface area contributed by atoms with Crippen molar-refractivity contribution < 1.29 is 13.2 Å². The minimum atomic E-state index is -2.83. The lowest BCUT2D eigenvalue weighted by Gasteiger charge is -2.17. The smallest absolute Gasteiger partial charge is 0.150 e. The Morgan fingerprint density at radius 2 is 2.05 bits per heavy atom. The van der Waals surface area contributed by atoms with E-state index in [0.29, 0.717) is 18.8 Å². The van der Waals surface area contributed by atoms with Gasteiger partial charge in [-0.2, -0.15) is 0 Å². The summed E-state index contributed by atoms with van der Waals surface area (Å²) in [5.41, 5.74) is 6.06. The highest BCUT2D eigenvalue weighted by molar-refractivity contribution is 7.91. The molecule has 1 fully saturated rings. The van der Waals surface area contributed by atoms with Crippen LogP contribution in [0.25, 0.3) is 0 Å². The SMILES string of the molecule is NC(CCCOc1ccccc1)C1CCS(=O)(=O)C1. The van der Waals surface area contributed by atoms with Gasteiger partial charge in [-0.05, 0) is 37.3 Å². The molecule has 0 aromatic heterocycles. The molecule has 0 spiro atoms. The predicted molar refractivity (Wildman–Crippen MR) is 75.9 cm³/mol. The van der Waals surface area contributed by atoms with Crippen molar-refractivity contribution >= 4 is 9.84 Å². The number of nitrogens with two attached hydrogens (primary N) is 1. The third-order valence-corrected chi connectivity index (χ3v) is 5.36. The van der Waals surface area contributed by atoms with E-state index in [-0.39, 0.29) is 17.7 Å². The van der Waals surface area contributed by atoms with E-state index in [9.17, 15) is 8.42 Å². The Bertz CT molecular complexity index is 487. The highest BCUT2D eigenvalue weighted by atomic mass is 32.2. The van der Waals surface area contributed by atoms with E-state index in [1.807, 2.05) is 30.3 Å². The maximum Gasteiger partial charge on any atom is 0.150 e. The monoisotopic (exact) mass is 283 g/mol. The van der Waals surface area contributed by atoms with Gasteiger partial charge in [0.1, 0.15) is 5.75 Å². The van der Waals surface area contributed by atoms with E-state index >= 15 is 0 Å². The summed E-state index contributed by atoms with van der Waals surface area (Å²) in [6, 6.07) is 9.63. The molecule has 1 aromatic rings. The van der Waals surface area contributed by atoms with Crippen molar-refractivity contribution in [1.29, 1.82) is 0 Å². The van der Waals surface area contributed by atoms with Crippen molar-refractivity contribution in [3.63, 3.8) is 0 Å². The van der Waals surface area contributed by atoms with E-state index in [1.54, 1.807) is 0 Å². The van der Waals surface area contributed by atoms with Gasteiger partial charge in [0.2, 0.25) is 0 Å². The lowest BCUT2D eigenvalue weighted by Crippen LogP contribution is -2.31. The molecule has 0 aliphatic carbocycles. The molecule has 2 atom stereocenters. The average molecular weight is 283 g/mol. The van der Waals surface area contributed by atoms with Crippen LogP contribution in [0.4, 0.5) is 0 Å². The number of rotatable bonds is 6. The Hall–Kier alpha value is -1.07. The van der Waals surface area contributed by atoms with Crippen molar-refractivity contribution in [2.24, 2.45) is 11.7 Å². The standard InChI is InChI=1S/C14H21NO3S/c15-14(12-8-10-19(16,17)11-12)7-4-9-18-13-5-2-1-3-6-13/h1-3,5-6,12,14H,4,7-11,15H2. The van der Waals surface area contributed by atoms with E-state index < -0.39 is 9.84 Å². The molecule has 106 valence electrons. The summed E-state index contributed by atoms with van der Waals surface area (Å²) in [5.74, 6) is 1.54. The van der Waals surface area contributed by atoms with E-state index in [0.717, 1.165) is 18.6 Å². The van der Waals surface area contributed by atoms with Crippen LogP contribution in [0.3, 0.4) is 0 Å². The van der Waals surface area contributed by atoms with E-state index in [4.69, 9.17) is 10.5 Å². The second-order valence-electron chi connectivity index (χ2n) is 5.13. The van der Waals surface area contributed by atoms with Crippen LogP contribution in [0.1, 0.15) is 19.3 Å². The molecule has 0 amide bonds. The first kappa shape index (κ1) is 14.3. The Balaban J connectivity index is 1.66. The Morgan fingerprint density at radius 1 is 1.32 bits per heavy atom. The second-order valence-corrected chi connectivity index (χ2v) is 7.36. The summed E-state index contributed by atoms with van der Waals surface area (Å²) in [7, 11) is -2.83. The molecule has 4 nitrogen and oxygen atoms in total. The maximum atomic E-state index is 11.4. The molecular weight excluding hydrogens is 262 g/mol. The topological polar surface area (TPSA) is 69.4 Å². The predicted octanol–water partition coefficient (Wildman–Crippen LogP) is 1.61. The van der Waals surface area contributed by atoms with Crippen LogP contribution < -0.4 is 10.5 Å². The zero-order valence-corrected chi connectivity index (χ0v) is 11.8. The zero-order valence-electron chi connectivity index (χ0n) is 11.0. The highest BCUT2D eigenvalue weighted by Gasteiger charge is 2.31. The lowest BCUT2D eigenvalue weighted by molar-refractivity contribution is 0.292. The van der Waals surface area contributed by atoms with Crippen LogP contribution in [0.2, 0.25) is 0 Å². The van der Waals surface area contributed by atoms with Crippen LogP contribution in [-0.4, -0.2) is 32.6 Å². The molecule has 1 aromatic carbocycles. The maximum absolute atomic E-state index is 11.4. The van der Waals surface area contributed by atoms with Crippen LogP contribution in [0, 0.1) is 5.92 Å². The van der Waals surface area contributed by atoms with Crippen molar-refractivity contribution in [2.75, 3.05) is 18.1 Å². The number of para-hydroxylation sites is 1. The first-order valence-corrected chi connectivity index (χ1v) is 8.53. The highest BCUT2D eigenvalue weighted by Crippen LogP contribution is 2.23. The van der Waals surface area contributed by atoms with Crippen LogP contribution >= 0.6 is 0 Å². The molecule has 0 saturated carbocycles. The summed E-state index contributed by atoms with van der Waals surface area (Å²) in [6.45, 7) is 0.622. The summed E-state index contributed by atoms with van der Waals surface area (Å²) in [5, 5.41) is 0. The Kier molecular flexibility index (Phi) is 4.82. The third kappa shape index (κ3) is 4.51. The van der Waals surface area contributed by atoms with Gasteiger partial charge < -0.3 is 10.5 Å². The van der Waals surface area contributed by atoms with Gasteiger partial charge >= 0.3 is 0 Å². The third-order valence-electron chi connectivity index (χ3n) is 3.57. The van der Waals surface area contributed by atoms with Crippen molar-refractivity contribution in [1.82, 2.24) is 0 Å². The van der Waals surface area contributed by atoms with E-state index in [1.165, 1.54) is 0 Å². The normalized spacial score (nSPS) is 23.1. The molecule has 2 unspecified atom stereocenters. The van der Waals surface area contributed by atoms with Gasteiger partial charge in [-0.3, -0.25) is 0 Å². The molecular formula is C14H21NO3S.